The Labute approximate surface area is 187 Å². The third kappa shape index (κ3) is 17.5. The maximum absolute atomic E-state index is 3.72. The Balaban J connectivity index is 3.53. The fraction of sp³-hybridized carbons (Fsp3) is 1.00. The van der Waals surface area contributed by atoms with Crippen LogP contribution in [0.1, 0.15) is 65.2 Å². The summed E-state index contributed by atoms with van der Waals surface area (Å²) in [6.45, 7) is 5.82. The Morgan fingerprint density at radius 2 is 1.43 bits per heavy atom. The third-order valence-corrected chi connectivity index (χ3v) is 7.32. The van der Waals surface area contributed by atoms with Gasteiger partial charge in [-0.3, -0.25) is 0 Å². The van der Waals surface area contributed by atoms with Gasteiger partial charge in [-0.05, 0) is 49.9 Å². The van der Waals surface area contributed by atoms with E-state index in [-0.39, 0.29) is 0 Å². The van der Waals surface area contributed by atoms with Crippen molar-refractivity contribution in [2.45, 2.75) is 83.0 Å². The van der Waals surface area contributed by atoms with Gasteiger partial charge < -0.3 is 5.32 Å². The number of hydrogen-bond acceptors (Lipinski definition) is 1. The summed E-state index contributed by atoms with van der Waals surface area (Å²) in [4.78, 5) is 0. The Bertz CT molecular complexity index is 226. The number of alkyl halides is 4. The second-order valence-electron chi connectivity index (χ2n) is 5.98. The van der Waals surface area contributed by atoms with Crippen LogP contribution < -0.4 is 5.32 Å². The Hall–Kier alpha value is 2.88. The highest BCUT2D eigenvalue weighted by molar-refractivity contribution is 14.1. The highest BCUT2D eigenvalue weighted by atomic mass is 127. The first kappa shape index (κ1) is 23.9. The van der Waals surface area contributed by atoms with Crippen LogP contribution in [0, 0.1) is 0 Å². The van der Waals surface area contributed by atoms with Gasteiger partial charge in [-0.1, -0.05) is 110 Å². The number of nitrogens with one attached hydrogen (secondary N) is 1. The molecule has 21 heavy (non-hydrogen) atoms. The van der Waals surface area contributed by atoms with Gasteiger partial charge in [-0.25, -0.2) is 0 Å². The first-order valence-corrected chi connectivity index (χ1v) is 13.4. The number of rotatable bonds is 14. The minimum absolute atomic E-state index is 0.677. The van der Waals surface area contributed by atoms with Crippen LogP contribution in [0.2, 0.25) is 0 Å². The molecule has 0 fully saturated rings. The molecule has 0 bridgehead atoms. The molecule has 0 aliphatic rings. The molecule has 0 aromatic rings. The molecule has 0 aromatic carbocycles. The van der Waals surface area contributed by atoms with Gasteiger partial charge in [-0.2, -0.15) is 0 Å². The number of halogens is 4. The molecule has 5 heteroatoms. The summed E-state index contributed by atoms with van der Waals surface area (Å²) in [6.07, 6.45) is 11.0. The summed E-state index contributed by atoms with van der Waals surface area (Å²) in [5.41, 5.74) is 0. The smallest absolute Gasteiger partial charge is 0.0235 e. The molecule has 0 radical (unpaired) electrons. The van der Waals surface area contributed by atoms with Crippen molar-refractivity contribution in [2.75, 3.05) is 11.0 Å². The van der Waals surface area contributed by atoms with Crippen molar-refractivity contribution in [3.05, 3.63) is 0 Å². The Morgan fingerprint density at radius 1 is 0.762 bits per heavy atom. The van der Waals surface area contributed by atoms with Gasteiger partial charge in [0, 0.05) is 24.4 Å². The van der Waals surface area contributed by atoms with E-state index in [1.165, 1.54) is 62.3 Å². The molecule has 0 heterocycles. The molecule has 0 aliphatic carbocycles. The van der Waals surface area contributed by atoms with E-state index in [1.54, 1.807) is 0 Å². The third-order valence-electron chi connectivity index (χ3n) is 3.62. The van der Waals surface area contributed by atoms with E-state index < -0.39 is 0 Å². The first-order valence-electron chi connectivity index (χ1n) is 8.17. The highest BCUT2D eigenvalue weighted by Crippen LogP contribution is 2.20. The lowest BCUT2D eigenvalue weighted by molar-refractivity contribution is 0.484. The van der Waals surface area contributed by atoms with Gasteiger partial charge in [0.15, 0.2) is 0 Å². The average molecular weight is 745 g/mol. The van der Waals surface area contributed by atoms with Crippen LogP contribution in [-0.4, -0.2) is 28.8 Å². The standard InChI is InChI=1S/C16H31I4N/c1-13(18)6-5-7-14(2)21-12-16(20)10-9-15(19)8-3-4-11-17/h13-16,21H,3-12H2,1-2H3/t13-,14?,15?,16?/m0/s1. The van der Waals surface area contributed by atoms with Crippen molar-refractivity contribution in [3.8, 4) is 0 Å². The maximum atomic E-state index is 3.72. The van der Waals surface area contributed by atoms with Gasteiger partial charge in [-0.15, -0.1) is 0 Å². The van der Waals surface area contributed by atoms with Crippen molar-refractivity contribution in [2.24, 2.45) is 0 Å². The molecular formula is C16H31I4N. The molecule has 0 saturated carbocycles. The summed E-state index contributed by atoms with van der Waals surface area (Å²) in [7, 11) is 0. The zero-order valence-corrected chi connectivity index (χ0v) is 22.0. The maximum Gasteiger partial charge on any atom is 0.0235 e. The van der Waals surface area contributed by atoms with Crippen molar-refractivity contribution in [3.63, 3.8) is 0 Å². The molecule has 0 saturated heterocycles. The fourth-order valence-electron chi connectivity index (χ4n) is 2.20. The first-order chi connectivity index (χ1) is 9.95. The summed E-state index contributed by atoms with van der Waals surface area (Å²) in [5.74, 6) is 0. The predicted octanol–water partition coefficient (Wildman–Crippen LogP) is 6.95. The summed E-state index contributed by atoms with van der Waals surface area (Å²) >= 11 is 10.3. The van der Waals surface area contributed by atoms with E-state index in [4.69, 9.17) is 0 Å². The predicted molar refractivity (Wildman–Crippen MR) is 132 cm³/mol. The van der Waals surface area contributed by atoms with E-state index in [0.29, 0.717) is 6.04 Å². The largest absolute Gasteiger partial charge is 0.313 e. The minimum atomic E-state index is 0.677. The lowest BCUT2D eigenvalue weighted by Gasteiger charge is -2.18. The average Bonchev–Trinajstić information content (AvgIpc) is 2.42. The minimum Gasteiger partial charge on any atom is -0.313 e. The SMILES string of the molecule is CC(CCC[C@H](C)I)NCC(I)CCC(I)CCCCI. The molecule has 128 valence electrons. The Kier molecular flexibility index (Phi) is 18.6. The van der Waals surface area contributed by atoms with Gasteiger partial charge in [0.05, 0.1) is 0 Å². The van der Waals surface area contributed by atoms with Crippen LogP contribution in [0.15, 0.2) is 0 Å². The second-order valence-corrected chi connectivity index (χ2v) is 12.7. The van der Waals surface area contributed by atoms with Crippen LogP contribution in [-0.2, 0) is 0 Å². The molecule has 4 atom stereocenters. The van der Waals surface area contributed by atoms with E-state index in [2.05, 4.69) is 110 Å². The molecule has 0 rings (SSSR count). The van der Waals surface area contributed by atoms with Gasteiger partial charge in [0.2, 0.25) is 0 Å². The monoisotopic (exact) mass is 745 g/mol. The van der Waals surface area contributed by atoms with Crippen LogP contribution in [0.5, 0.6) is 0 Å². The van der Waals surface area contributed by atoms with E-state index in [0.717, 1.165) is 11.8 Å². The quantitative estimate of drug-likeness (QED) is 0.115. The van der Waals surface area contributed by atoms with Gasteiger partial charge in [0.1, 0.15) is 0 Å². The molecule has 1 nitrogen and oxygen atoms in total. The van der Waals surface area contributed by atoms with Gasteiger partial charge >= 0.3 is 0 Å². The summed E-state index contributed by atoms with van der Waals surface area (Å²) < 4.78 is 3.80. The molecule has 0 spiro atoms. The molecule has 0 aliphatic heterocycles. The number of hydrogen-bond donors (Lipinski definition) is 1. The zero-order chi connectivity index (χ0) is 16.1. The zero-order valence-electron chi connectivity index (χ0n) is 13.4. The lowest BCUT2D eigenvalue weighted by Crippen LogP contribution is -2.31. The molecule has 1 N–H and O–H groups in total. The van der Waals surface area contributed by atoms with E-state index in [9.17, 15) is 0 Å². The molecular weight excluding hydrogens is 714 g/mol. The van der Waals surface area contributed by atoms with Crippen LogP contribution >= 0.6 is 90.4 Å². The molecule has 3 unspecified atom stereocenters. The van der Waals surface area contributed by atoms with Crippen molar-refractivity contribution >= 4 is 90.4 Å². The fourth-order valence-corrected chi connectivity index (χ4v) is 4.60. The molecule has 0 aromatic heterocycles. The van der Waals surface area contributed by atoms with Crippen LogP contribution in [0.25, 0.3) is 0 Å². The van der Waals surface area contributed by atoms with Crippen LogP contribution in [0.3, 0.4) is 0 Å². The number of unbranched alkanes of at least 4 members (excludes halogenated alkanes) is 1. The van der Waals surface area contributed by atoms with E-state index >= 15 is 0 Å². The normalized spacial score (nSPS) is 17.4. The summed E-state index contributed by atoms with van der Waals surface area (Å²) in [5, 5.41) is 3.72. The van der Waals surface area contributed by atoms with Gasteiger partial charge in [0.25, 0.3) is 0 Å². The molecule has 0 amide bonds. The van der Waals surface area contributed by atoms with Crippen molar-refractivity contribution in [1.29, 1.82) is 0 Å². The highest BCUT2D eigenvalue weighted by Gasteiger charge is 2.10. The van der Waals surface area contributed by atoms with Crippen molar-refractivity contribution in [1.82, 2.24) is 5.32 Å². The van der Waals surface area contributed by atoms with Crippen molar-refractivity contribution < 1.29 is 0 Å². The lowest BCUT2D eigenvalue weighted by atomic mass is 10.1. The summed E-state index contributed by atoms with van der Waals surface area (Å²) in [6, 6.07) is 0.677. The topological polar surface area (TPSA) is 12.0 Å². The second kappa shape index (κ2) is 16.4. The van der Waals surface area contributed by atoms with E-state index in [1.807, 2.05) is 0 Å². The Morgan fingerprint density at radius 3 is 2.05 bits per heavy atom. The van der Waals surface area contributed by atoms with Crippen LogP contribution in [0.4, 0.5) is 0 Å².